The predicted molar refractivity (Wildman–Crippen MR) is 41.7 cm³/mol. The van der Waals surface area contributed by atoms with Gasteiger partial charge in [-0.25, -0.2) is 0 Å². The molecular formula is C6H10Cl2O. The van der Waals surface area contributed by atoms with Crippen molar-refractivity contribution in [2.24, 2.45) is 5.92 Å². The summed E-state index contributed by atoms with van der Waals surface area (Å²) in [7, 11) is 0. The molecular weight excluding hydrogens is 159 g/mol. The molecule has 0 saturated heterocycles. The zero-order valence-corrected chi connectivity index (χ0v) is 7.04. The summed E-state index contributed by atoms with van der Waals surface area (Å²) in [5.41, 5.74) is 0. The van der Waals surface area contributed by atoms with E-state index in [1.165, 1.54) is 0 Å². The third kappa shape index (κ3) is 72.4. The van der Waals surface area contributed by atoms with Gasteiger partial charge in [-0.2, -0.15) is 0 Å². The van der Waals surface area contributed by atoms with E-state index in [1.54, 1.807) is 0 Å². The Labute approximate surface area is 65.6 Å². The van der Waals surface area contributed by atoms with Crippen molar-refractivity contribution in [2.45, 2.75) is 13.8 Å². The number of hydrogen-bond acceptors (Lipinski definition) is 1. The maximum atomic E-state index is 9.50. The molecule has 0 N–H and O–H groups in total. The first-order valence-electron chi connectivity index (χ1n) is 2.46. The standard InChI is InChI=1S/C4H8O.C2H2Cl2/c1-4(2)3-5;1-2(3)4/h3-4H,1-2H3;1H2. The summed E-state index contributed by atoms with van der Waals surface area (Å²) in [4.78, 5) is 9.50. The van der Waals surface area contributed by atoms with Crippen LogP contribution in [0.15, 0.2) is 11.1 Å². The van der Waals surface area contributed by atoms with Crippen molar-refractivity contribution in [1.82, 2.24) is 0 Å². The Hall–Kier alpha value is -0.0100. The number of carbonyl (C=O) groups is 1. The molecule has 0 aliphatic carbocycles. The minimum absolute atomic E-state index is 0.111. The molecule has 54 valence electrons. The third-order valence-corrected chi connectivity index (χ3v) is 0.272. The van der Waals surface area contributed by atoms with Gasteiger partial charge in [0.15, 0.2) is 0 Å². The van der Waals surface area contributed by atoms with Crippen LogP contribution < -0.4 is 0 Å². The molecule has 0 unspecified atom stereocenters. The molecule has 0 radical (unpaired) electrons. The molecule has 3 heteroatoms. The topological polar surface area (TPSA) is 17.1 Å². The van der Waals surface area contributed by atoms with Crippen molar-refractivity contribution < 1.29 is 4.79 Å². The van der Waals surface area contributed by atoms with E-state index in [2.05, 4.69) is 6.58 Å². The molecule has 0 aromatic carbocycles. The highest BCUT2D eigenvalue weighted by Gasteiger charge is 1.79. The van der Waals surface area contributed by atoms with Crippen LogP contribution in [0.4, 0.5) is 0 Å². The maximum Gasteiger partial charge on any atom is 0.122 e. The molecule has 0 aliphatic heterocycles. The van der Waals surface area contributed by atoms with Crippen molar-refractivity contribution in [2.75, 3.05) is 0 Å². The Morgan fingerprint density at radius 3 is 1.67 bits per heavy atom. The van der Waals surface area contributed by atoms with Crippen LogP contribution >= 0.6 is 23.2 Å². The van der Waals surface area contributed by atoms with Gasteiger partial charge >= 0.3 is 0 Å². The van der Waals surface area contributed by atoms with Crippen molar-refractivity contribution in [3.05, 3.63) is 11.1 Å². The second-order valence-electron chi connectivity index (χ2n) is 1.72. The van der Waals surface area contributed by atoms with Gasteiger partial charge < -0.3 is 4.79 Å². The maximum absolute atomic E-state index is 9.50. The molecule has 9 heavy (non-hydrogen) atoms. The van der Waals surface area contributed by atoms with Gasteiger partial charge in [-0.3, -0.25) is 0 Å². The first kappa shape index (κ1) is 11.7. The average molecular weight is 169 g/mol. The fourth-order valence-corrected chi connectivity index (χ4v) is 0. The monoisotopic (exact) mass is 168 g/mol. The van der Waals surface area contributed by atoms with Gasteiger partial charge in [-0.1, -0.05) is 43.6 Å². The Morgan fingerprint density at radius 2 is 1.67 bits per heavy atom. The van der Waals surface area contributed by atoms with Gasteiger partial charge in [-0.15, -0.1) is 0 Å². The average Bonchev–Trinajstić information content (AvgIpc) is 1.65. The minimum Gasteiger partial charge on any atom is -0.303 e. The van der Waals surface area contributed by atoms with Crippen molar-refractivity contribution in [1.29, 1.82) is 0 Å². The molecule has 0 heterocycles. The molecule has 0 bridgehead atoms. The second-order valence-corrected chi connectivity index (χ2v) is 2.82. The molecule has 0 aromatic rings. The summed E-state index contributed by atoms with van der Waals surface area (Å²) < 4.78 is 0.111. The first-order valence-corrected chi connectivity index (χ1v) is 3.21. The third-order valence-electron chi connectivity index (χ3n) is 0.272. The Morgan fingerprint density at radius 1 is 1.56 bits per heavy atom. The van der Waals surface area contributed by atoms with Gasteiger partial charge in [0, 0.05) is 5.92 Å². The van der Waals surface area contributed by atoms with Crippen LogP contribution in [0.2, 0.25) is 0 Å². The molecule has 0 saturated carbocycles. The molecule has 1 nitrogen and oxygen atoms in total. The van der Waals surface area contributed by atoms with Gasteiger partial charge in [0.25, 0.3) is 0 Å². The van der Waals surface area contributed by atoms with E-state index >= 15 is 0 Å². The Balaban J connectivity index is 0. The van der Waals surface area contributed by atoms with E-state index in [0.29, 0.717) is 0 Å². The largest absolute Gasteiger partial charge is 0.303 e. The zero-order valence-electron chi connectivity index (χ0n) is 5.53. The van der Waals surface area contributed by atoms with Gasteiger partial charge in [0.2, 0.25) is 0 Å². The predicted octanol–water partition coefficient (Wildman–Crippen LogP) is 2.78. The van der Waals surface area contributed by atoms with Crippen LogP contribution in [0.3, 0.4) is 0 Å². The van der Waals surface area contributed by atoms with Gasteiger partial charge in [0.05, 0.1) is 4.49 Å². The summed E-state index contributed by atoms with van der Waals surface area (Å²) in [6.45, 7) is 6.79. The lowest BCUT2D eigenvalue weighted by molar-refractivity contribution is -0.110. The van der Waals surface area contributed by atoms with Crippen LogP contribution in [-0.4, -0.2) is 6.29 Å². The number of carbonyl (C=O) groups excluding carboxylic acids is 1. The lowest BCUT2D eigenvalue weighted by Gasteiger charge is -1.78. The SMILES string of the molecule is C=C(Cl)Cl.CC(C)C=O. The highest BCUT2D eigenvalue weighted by atomic mass is 35.5. The fraction of sp³-hybridized carbons (Fsp3) is 0.500. The summed E-state index contributed by atoms with van der Waals surface area (Å²) in [6.07, 6.45) is 0.917. The number of hydrogen-bond donors (Lipinski definition) is 0. The second kappa shape index (κ2) is 7.99. The summed E-state index contributed by atoms with van der Waals surface area (Å²) in [5.74, 6) is 0.204. The number of rotatable bonds is 1. The molecule has 0 amide bonds. The Bertz CT molecular complexity index is 85.1. The van der Waals surface area contributed by atoms with E-state index < -0.39 is 0 Å². The van der Waals surface area contributed by atoms with Gasteiger partial charge in [-0.05, 0) is 0 Å². The quantitative estimate of drug-likeness (QED) is 0.551. The lowest BCUT2D eigenvalue weighted by atomic mass is 10.3. The molecule has 0 atom stereocenters. The van der Waals surface area contributed by atoms with Crippen molar-refractivity contribution in [3.8, 4) is 0 Å². The van der Waals surface area contributed by atoms with E-state index in [0.717, 1.165) is 6.29 Å². The number of halogens is 2. The number of aldehydes is 1. The lowest BCUT2D eigenvalue weighted by Crippen LogP contribution is -1.82. The molecule has 0 aliphatic rings. The van der Waals surface area contributed by atoms with Gasteiger partial charge in [0.1, 0.15) is 6.29 Å². The molecule has 0 rings (SSSR count). The molecule has 0 spiro atoms. The van der Waals surface area contributed by atoms with E-state index in [-0.39, 0.29) is 10.4 Å². The van der Waals surface area contributed by atoms with Crippen LogP contribution in [0.25, 0.3) is 0 Å². The van der Waals surface area contributed by atoms with Crippen molar-refractivity contribution in [3.63, 3.8) is 0 Å². The zero-order chi connectivity index (χ0) is 7.86. The van der Waals surface area contributed by atoms with Crippen LogP contribution in [0.5, 0.6) is 0 Å². The van der Waals surface area contributed by atoms with Crippen molar-refractivity contribution >= 4 is 29.5 Å². The summed E-state index contributed by atoms with van der Waals surface area (Å²) >= 11 is 9.69. The van der Waals surface area contributed by atoms with Crippen LogP contribution in [0, 0.1) is 5.92 Å². The van der Waals surface area contributed by atoms with Crippen LogP contribution in [-0.2, 0) is 4.79 Å². The highest BCUT2D eigenvalue weighted by molar-refractivity contribution is 6.55. The van der Waals surface area contributed by atoms with Crippen LogP contribution in [0.1, 0.15) is 13.8 Å². The first-order chi connectivity index (χ1) is 4.00. The summed E-state index contributed by atoms with van der Waals surface area (Å²) in [5, 5.41) is 0. The Kier molecular flexibility index (Phi) is 10.4. The smallest absolute Gasteiger partial charge is 0.122 e. The highest BCUT2D eigenvalue weighted by Crippen LogP contribution is 1.98. The van der Waals surface area contributed by atoms with E-state index in [4.69, 9.17) is 23.2 Å². The molecule has 0 fully saturated rings. The molecule has 0 aromatic heterocycles. The van der Waals surface area contributed by atoms with E-state index in [9.17, 15) is 4.79 Å². The summed E-state index contributed by atoms with van der Waals surface area (Å²) in [6, 6.07) is 0. The van der Waals surface area contributed by atoms with E-state index in [1.807, 2.05) is 13.8 Å². The minimum atomic E-state index is 0.111. The normalized spacial score (nSPS) is 7.67. The fourth-order valence-electron chi connectivity index (χ4n) is 0.